The van der Waals surface area contributed by atoms with Gasteiger partial charge in [-0.3, -0.25) is 5.32 Å². The number of rotatable bonds is 6. The summed E-state index contributed by atoms with van der Waals surface area (Å²) >= 11 is 0. The van der Waals surface area contributed by atoms with Gasteiger partial charge in [-0.1, -0.05) is 26.0 Å². The summed E-state index contributed by atoms with van der Waals surface area (Å²) in [7, 11) is 0. The Morgan fingerprint density at radius 1 is 1.17 bits per heavy atom. The first-order valence-corrected chi connectivity index (χ1v) is 7.83. The van der Waals surface area contributed by atoms with Crippen LogP contribution in [0.15, 0.2) is 24.3 Å². The largest absolute Gasteiger partial charge is 0.444 e. The van der Waals surface area contributed by atoms with Crippen molar-refractivity contribution in [3.05, 3.63) is 24.3 Å². The van der Waals surface area contributed by atoms with Crippen molar-refractivity contribution in [2.45, 2.75) is 53.1 Å². The van der Waals surface area contributed by atoms with Crippen LogP contribution < -0.4 is 10.6 Å². The maximum Gasteiger partial charge on any atom is 0.412 e. The van der Waals surface area contributed by atoms with Crippen LogP contribution in [0.25, 0.3) is 0 Å². The highest BCUT2D eigenvalue weighted by atomic mass is 16.6. The Morgan fingerprint density at radius 3 is 2.35 bits per heavy atom. The molecule has 0 bridgehead atoms. The highest BCUT2D eigenvalue weighted by molar-refractivity contribution is 5.89. The molecule has 0 fully saturated rings. The number of nitrogens with zero attached hydrogens (tertiary/aromatic N) is 1. The molecule has 1 amide bonds. The molecule has 126 valence electrons. The lowest BCUT2D eigenvalue weighted by Crippen LogP contribution is -2.28. The number of ether oxygens (including phenoxy) is 1. The number of anilines is 2. The van der Waals surface area contributed by atoms with Gasteiger partial charge in [-0.25, -0.2) is 4.79 Å². The highest BCUT2D eigenvalue weighted by Crippen LogP contribution is 2.26. The van der Waals surface area contributed by atoms with Crippen molar-refractivity contribution in [1.82, 2.24) is 0 Å². The number of carbonyl (C=O) groups is 1. The minimum atomic E-state index is -0.536. The van der Waals surface area contributed by atoms with Gasteiger partial charge >= 0.3 is 6.09 Å². The van der Waals surface area contributed by atoms with Gasteiger partial charge in [0, 0.05) is 13.0 Å². The summed E-state index contributed by atoms with van der Waals surface area (Å²) in [6.45, 7) is 10.4. The van der Waals surface area contributed by atoms with E-state index in [4.69, 9.17) is 10.00 Å². The molecular formula is C18H27N3O2. The number of benzene rings is 1. The molecule has 0 aliphatic heterocycles. The lowest BCUT2D eigenvalue weighted by Gasteiger charge is -2.25. The molecule has 0 saturated carbocycles. The zero-order chi connectivity index (χ0) is 17.5. The average molecular weight is 317 g/mol. The second-order valence-corrected chi connectivity index (χ2v) is 7.35. The summed E-state index contributed by atoms with van der Waals surface area (Å²) in [5.41, 5.74) is 0.974. The van der Waals surface area contributed by atoms with E-state index in [2.05, 4.69) is 30.6 Å². The summed E-state index contributed by atoms with van der Waals surface area (Å²) in [6, 6.07) is 9.69. The van der Waals surface area contributed by atoms with E-state index in [1.807, 2.05) is 45.0 Å². The third-order valence-corrected chi connectivity index (χ3v) is 3.23. The maximum absolute atomic E-state index is 11.9. The van der Waals surface area contributed by atoms with E-state index < -0.39 is 11.7 Å². The van der Waals surface area contributed by atoms with E-state index in [9.17, 15) is 4.79 Å². The van der Waals surface area contributed by atoms with Gasteiger partial charge in [0.15, 0.2) is 0 Å². The number of nitrogens with one attached hydrogen (secondary N) is 2. The number of para-hydroxylation sites is 2. The van der Waals surface area contributed by atoms with Crippen molar-refractivity contribution in [2.75, 3.05) is 17.2 Å². The number of amides is 1. The molecule has 1 aromatic carbocycles. The van der Waals surface area contributed by atoms with Gasteiger partial charge in [0.1, 0.15) is 5.60 Å². The van der Waals surface area contributed by atoms with E-state index >= 15 is 0 Å². The van der Waals surface area contributed by atoms with Gasteiger partial charge in [0.05, 0.1) is 17.4 Å². The fraction of sp³-hybridized carbons (Fsp3) is 0.556. The van der Waals surface area contributed by atoms with Crippen LogP contribution in [0.4, 0.5) is 16.2 Å². The van der Waals surface area contributed by atoms with E-state index in [0.29, 0.717) is 18.7 Å². The summed E-state index contributed by atoms with van der Waals surface area (Å²) in [6.07, 6.45) is 0.875. The number of carbonyl (C=O) groups excluding carboxylic acids is 1. The Labute approximate surface area is 139 Å². The zero-order valence-electron chi connectivity index (χ0n) is 14.7. The van der Waals surface area contributed by atoms with Crippen LogP contribution in [0.3, 0.4) is 0 Å². The van der Waals surface area contributed by atoms with Crippen molar-refractivity contribution in [3.63, 3.8) is 0 Å². The first kappa shape index (κ1) is 18.8. The van der Waals surface area contributed by atoms with E-state index in [-0.39, 0.29) is 5.41 Å². The van der Waals surface area contributed by atoms with Crippen molar-refractivity contribution in [3.8, 4) is 6.07 Å². The van der Waals surface area contributed by atoms with E-state index in [1.165, 1.54) is 0 Å². The standard InChI is InChI=1S/C18H27N3O2/c1-17(2,3)23-16(22)21-15-10-7-6-9-14(15)20-13-18(4,5)11-8-12-19/h6-7,9-10,20H,8,11,13H2,1-5H3,(H,21,22). The van der Waals surface area contributed by atoms with E-state index in [0.717, 1.165) is 12.1 Å². The minimum absolute atomic E-state index is 0.00520. The zero-order valence-corrected chi connectivity index (χ0v) is 14.7. The molecule has 0 saturated heterocycles. The van der Waals surface area contributed by atoms with Crippen molar-refractivity contribution >= 4 is 17.5 Å². The SMILES string of the molecule is CC(C)(CCC#N)CNc1ccccc1NC(=O)OC(C)(C)C. The molecule has 23 heavy (non-hydrogen) atoms. The van der Waals surface area contributed by atoms with Gasteiger partial charge in [-0.05, 0) is 44.7 Å². The van der Waals surface area contributed by atoms with Crippen LogP contribution >= 0.6 is 0 Å². The molecule has 0 aromatic heterocycles. The monoisotopic (exact) mass is 317 g/mol. The van der Waals surface area contributed by atoms with Crippen LogP contribution in [0, 0.1) is 16.7 Å². The first-order chi connectivity index (χ1) is 10.6. The Hall–Kier alpha value is -2.22. The summed E-state index contributed by atoms with van der Waals surface area (Å²) in [5.74, 6) is 0. The third kappa shape index (κ3) is 7.55. The maximum atomic E-state index is 11.9. The van der Waals surface area contributed by atoms with Crippen molar-refractivity contribution < 1.29 is 9.53 Å². The molecule has 0 atom stereocenters. The molecule has 0 spiro atoms. The first-order valence-electron chi connectivity index (χ1n) is 7.83. The fourth-order valence-corrected chi connectivity index (χ4v) is 1.98. The molecule has 0 radical (unpaired) electrons. The summed E-state index contributed by atoms with van der Waals surface area (Å²) in [5, 5.41) is 14.8. The van der Waals surface area contributed by atoms with Crippen molar-refractivity contribution in [2.24, 2.45) is 5.41 Å². The predicted octanol–water partition coefficient (Wildman–Crippen LogP) is 4.78. The third-order valence-electron chi connectivity index (χ3n) is 3.23. The number of hydrogen-bond donors (Lipinski definition) is 2. The Kier molecular flexibility index (Phi) is 6.44. The molecule has 5 nitrogen and oxygen atoms in total. The Bertz CT molecular complexity index is 568. The Balaban J connectivity index is 2.71. The minimum Gasteiger partial charge on any atom is -0.444 e. The normalized spacial score (nSPS) is 11.5. The van der Waals surface area contributed by atoms with Gasteiger partial charge in [0.25, 0.3) is 0 Å². The molecule has 5 heteroatoms. The average Bonchev–Trinajstić information content (AvgIpc) is 2.42. The van der Waals surface area contributed by atoms with Gasteiger partial charge in [0.2, 0.25) is 0 Å². The lowest BCUT2D eigenvalue weighted by atomic mass is 9.88. The predicted molar refractivity (Wildman–Crippen MR) is 93.4 cm³/mol. The topological polar surface area (TPSA) is 74.2 Å². The van der Waals surface area contributed by atoms with Crippen LogP contribution in [0.5, 0.6) is 0 Å². The summed E-state index contributed by atoms with van der Waals surface area (Å²) in [4.78, 5) is 11.9. The fourth-order valence-electron chi connectivity index (χ4n) is 1.98. The van der Waals surface area contributed by atoms with E-state index in [1.54, 1.807) is 0 Å². The molecule has 0 unspecified atom stereocenters. The molecule has 0 aliphatic rings. The van der Waals surface area contributed by atoms with Crippen molar-refractivity contribution in [1.29, 1.82) is 5.26 Å². The van der Waals surface area contributed by atoms with Crippen LogP contribution in [0.1, 0.15) is 47.5 Å². The molecule has 0 heterocycles. The van der Waals surface area contributed by atoms with Gasteiger partial charge in [-0.2, -0.15) is 5.26 Å². The van der Waals surface area contributed by atoms with Crippen LogP contribution in [-0.4, -0.2) is 18.2 Å². The molecular weight excluding hydrogens is 290 g/mol. The molecule has 0 aliphatic carbocycles. The highest BCUT2D eigenvalue weighted by Gasteiger charge is 2.19. The molecule has 2 N–H and O–H groups in total. The molecule has 1 aromatic rings. The smallest absolute Gasteiger partial charge is 0.412 e. The van der Waals surface area contributed by atoms with Crippen LogP contribution in [-0.2, 0) is 4.74 Å². The quantitative estimate of drug-likeness (QED) is 0.792. The summed E-state index contributed by atoms with van der Waals surface area (Å²) < 4.78 is 5.28. The number of hydrogen-bond acceptors (Lipinski definition) is 4. The Morgan fingerprint density at radius 2 is 1.78 bits per heavy atom. The lowest BCUT2D eigenvalue weighted by molar-refractivity contribution is 0.0636. The molecule has 1 rings (SSSR count). The second-order valence-electron chi connectivity index (χ2n) is 7.35. The second kappa shape index (κ2) is 7.87. The van der Waals surface area contributed by atoms with Crippen LogP contribution in [0.2, 0.25) is 0 Å². The number of nitriles is 1. The van der Waals surface area contributed by atoms with Gasteiger partial charge < -0.3 is 10.1 Å². The van der Waals surface area contributed by atoms with Gasteiger partial charge in [-0.15, -0.1) is 0 Å².